The summed E-state index contributed by atoms with van der Waals surface area (Å²) >= 11 is 0. The summed E-state index contributed by atoms with van der Waals surface area (Å²) in [7, 11) is 0. The lowest BCUT2D eigenvalue weighted by Gasteiger charge is -2.19. The van der Waals surface area contributed by atoms with E-state index in [1.807, 2.05) is 20.8 Å². The molecule has 64 valence electrons. The van der Waals surface area contributed by atoms with Gasteiger partial charge in [-0.25, -0.2) is 4.79 Å². The minimum absolute atomic E-state index is 0.0297. The van der Waals surface area contributed by atoms with Gasteiger partial charge in [0.15, 0.2) is 0 Å². The zero-order valence-electron chi connectivity index (χ0n) is 7.10. The molecular formula is C7H14N2O2. The SMILES string of the molecule is CC(C)(C)NC(=O)OCC=N. The van der Waals surface area contributed by atoms with Crippen LogP contribution >= 0.6 is 0 Å². The van der Waals surface area contributed by atoms with Crippen molar-refractivity contribution >= 4 is 12.3 Å². The lowest BCUT2D eigenvalue weighted by atomic mass is 10.1. The highest BCUT2D eigenvalue weighted by atomic mass is 16.5. The van der Waals surface area contributed by atoms with E-state index in [1.54, 1.807) is 0 Å². The van der Waals surface area contributed by atoms with Gasteiger partial charge in [0, 0.05) is 11.8 Å². The summed E-state index contributed by atoms with van der Waals surface area (Å²) in [5.41, 5.74) is -0.279. The molecule has 0 heterocycles. The van der Waals surface area contributed by atoms with E-state index in [1.165, 1.54) is 0 Å². The molecule has 0 aromatic heterocycles. The van der Waals surface area contributed by atoms with Gasteiger partial charge in [-0.1, -0.05) is 0 Å². The normalized spacial score (nSPS) is 10.5. The largest absolute Gasteiger partial charge is 0.444 e. The summed E-state index contributed by atoms with van der Waals surface area (Å²) in [5.74, 6) is 0. The van der Waals surface area contributed by atoms with Gasteiger partial charge in [0.1, 0.15) is 6.61 Å². The van der Waals surface area contributed by atoms with Gasteiger partial charge in [-0.2, -0.15) is 0 Å². The Bertz CT molecular complexity index is 149. The molecule has 0 saturated heterocycles. The van der Waals surface area contributed by atoms with E-state index in [0.717, 1.165) is 6.21 Å². The van der Waals surface area contributed by atoms with Gasteiger partial charge in [-0.05, 0) is 20.8 Å². The molecule has 1 amide bonds. The summed E-state index contributed by atoms with van der Waals surface area (Å²) in [6.45, 7) is 5.61. The van der Waals surface area contributed by atoms with E-state index in [-0.39, 0.29) is 12.1 Å². The van der Waals surface area contributed by atoms with Crippen LogP contribution in [-0.4, -0.2) is 24.5 Å². The Kier molecular flexibility index (Phi) is 3.57. The minimum Gasteiger partial charge on any atom is -0.444 e. The van der Waals surface area contributed by atoms with Gasteiger partial charge in [-0.3, -0.25) is 0 Å². The van der Waals surface area contributed by atoms with E-state index in [0.29, 0.717) is 0 Å². The highest BCUT2D eigenvalue weighted by molar-refractivity contribution is 5.70. The van der Waals surface area contributed by atoms with Crippen LogP contribution in [-0.2, 0) is 4.74 Å². The second-order valence-electron chi connectivity index (χ2n) is 3.18. The molecule has 0 aliphatic carbocycles. The standard InChI is InChI=1S/C7H14N2O2/c1-7(2,3)9-6(10)11-5-4-8/h4,8H,5H2,1-3H3,(H,9,10). The molecule has 0 aromatic carbocycles. The van der Waals surface area contributed by atoms with E-state index < -0.39 is 6.09 Å². The quantitative estimate of drug-likeness (QED) is 0.592. The highest BCUT2D eigenvalue weighted by Gasteiger charge is 2.13. The molecule has 0 aliphatic heterocycles. The molecule has 0 fully saturated rings. The van der Waals surface area contributed by atoms with Crippen molar-refractivity contribution in [1.29, 1.82) is 5.41 Å². The zero-order valence-corrected chi connectivity index (χ0v) is 7.10. The van der Waals surface area contributed by atoms with Crippen molar-refractivity contribution in [2.45, 2.75) is 26.3 Å². The van der Waals surface area contributed by atoms with E-state index in [4.69, 9.17) is 5.41 Å². The molecule has 11 heavy (non-hydrogen) atoms. The average molecular weight is 158 g/mol. The van der Waals surface area contributed by atoms with Crippen LogP contribution in [0, 0.1) is 5.41 Å². The number of alkyl carbamates (subject to hydrolysis) is 1. The Morgan fingerprint density at radius 2 is 2.18 bits per heavy atom. The van der Waals surface area contributed by atoms with Crippen molar-refractivity contribution in [1.82, 2.24) is 5.32 Å². The van der Waals surface area contributed by atoms with Crippen LogP contribution in [0.4, 0.5) is 4.79 Å². The first-order valence-corrected chi connectivity index (χ1v) is 3.39. The summed E-state index contributed by atoms with van der Waals surface area (Å²) < 4.78 is 4.57. The molecule has 0 aliphatic rings. The molecule has 0 spiro atoms. The molecule has 0 aromatic rings. The average Bonchev–Trinajstić information content (AvgIpc) is 1.79. The molecule has 4 heteroatoms. The molecule has 0 atom stereocenters. The number of hydrogen-bond donors (Lipinski definition) is 2. The van der Waals surface area contributed by atoms with Crippen molar-refractivity contribution in [3.63, 3.8) is 0 Å². The van der Waals surface area contributed by atoms with Gasteiger partial charge in [-0.15, -0.1) is 0 Å². The molecule has 2 N–H and O–H groups in total. The smallest absolute Gasteiger partial charge is 0.407 e. The Morgan fingerprint density at radius 1 is 1.64 bits per heavy atom. The summed E-state index contributed by atoms with van der Waals surface area (Å²) in [5, 5.41) is 9.19. The Labute approximate surface area is 66.4 Å². The Balaban J connectivity index is 3.61. The van der Waals surface area contributed by atoms with Crippen molar-refractivity contribution in [2.24, 2.45) is 0 Å². The third-order valence-electron chi connectivity index (χ3n) is 0.775. The van der Waals surface area contributed by atoms with Gasteiger partial charge in [0.05, 0.1) is 0 Å². The molecular weight excluding hydrogens is 144 g/mol. The lowest BCUT2D eigenvalue weighted by molar-refractivity contribution is 0.153. The topological polar surface area (TPSA) is 62.2 Å². The first-order valence-electron chi connectivity index (χ1n) is 3.39. The maximum Gasteiger partial charge on any atom is 0.407 e. The van der Waals surface area contributed by atoms with E-state index in [9.17, 15) is 4.79 Å². The van der Waals surface area contributed by atoms with E-state index >= 15 is 0 Å². The second-order valence-corrected chi connectivity index (χ2v) is 3.18. The fourth-order valence-electron chi connectivity index (χ4n) is 0.460. The number of amides is 1. The van der Waals surface area contributed by atoms with Gasteiger partial charge < -0.3 is 15.5 Å². The third-order valence-corrected chi connectivity index (χ3v) is 0.775. The molecule has 0 saturated carbocycles. The Morgan fingerprint density at radius 3 is 2.55 bits per heavy atom. The fourth-order valence-corrected chi connectivity index (χ4v) is 0.460. The highest BCUT2D eigenvalue weighted by Crippen LogP contribution is 1.98. The lowest BCUT2D eigenvalue weighted by Crippen LogP contribution is -2.41. The molecule has 0 bridgehead atoms. The predicted octanol–water partition coefficient (Wildman–Crippen LogP) is 1.16. The number of nitrogens with one attached hydrogen (secondary N) is 2. The van der Waals surface area contributed by atoms with Crippen molar-refractivity contribution in [3.8, 4) is 0 Å². The van der Waals surface area contributed by atoms with Crippen LogP contribution in [0.15, 0.2) is 0 Å². The number of ether oxygens (including phenoxy) is 1. The van der Waals surface area contributed by atoms with Gasteiger partial charge in [0.25, 0.3) is 0 Å². The Hall–Kier alpha value is -1.06. The van der Waals surface area contributed by atoms with Crippen LogP contribution in [0.5, 0.6) is 0 Å². The van der Waals surface area contributed by atoms with Gasteiger partial charge >= 0.3 is 6.09 Å². The maximum atomic E-state index is 10.8. The predicted molar refractivity (Wildman–Crippen MR) is 43.0 cm³/mol. The number of rotatable bonds is 2. The number of hydrogen-bond acceptors (Lipinski definition) is 3. The number of carbonyl (C=O) groups is 1. The number of carbonyl (C=O) groups excluding carboxylic acids is 1. The van der Waals surface area contributed by atoms with Crippen LogP contribution < -0.4 is 5.32 Å². The van der Waals surface area contributed by atoms with Crippen LogP contribution in [0.25, 0.3) is 0 Å². The van der Waals surface area contributed by atoms with Crippen molar-refractivity contribution in [3.05, 3.63) is 0 Å². The van der Waals surface area contributed by atoms with E-state index in [2.05, 4.69) is 10.1 Å². The summed E-state index contributed by atoms with van der Waals surface area (Å²) in [4.78, 5) is 10.8. The third kappa shape index (κ3) is 6.83. The fraction of sp³-hybridized carbons (Fsp3) is 0.714. The molecule has 0 radical (unpaired) electrons. The molecule has 0 unspecified atom stereocenters. The van der Waals surface area contributed by atoms with Crippen LogP contribution in [0.1, 0.15) is 20.8 Å². The monoisotopic (exact) mass is 158 g/mol. The first kappa shape index (κ1) is 9.94. The minimum atomic E-state index is -0.485. The zero-order chi connectivity index (χ0) is 8.91. The summed E-state index contributed by atoms with van der Waals surface area (Å²) in [6, 6.07) is 0. The first-order chi connectivity index (χ1) is 4.95. The second kappa shape index (κ2) is 3.95. The van der Waals surface area contributed by atoms with Crippen LogP contribution in [0.3, 0.4) is 0 Å². The van der Waals surface area contributed by atoms with Gasteiger partial charge in [0.2, 0.25) is 0 Å². The molecule has 0 rings (SSSR count). The van der Waals surface area contributed by atoms with Crippen molar-refractivity contribution < 1.29 is 9.53 Å². The van der Waals surface area contributed by atoms with Crippen molar-refractivity contribution in [2.75, 3.05) is 6.61 Å². The molecule has 4 nitrogen and oxygen atoms in total. The maximum absolute atomic E-state index is 10.8. The van der Waals surface area contributed by atoms with Crippen LogP contribution in [0.2, 0.25) is 0 Å². The summed E-state index contributed by atoms with van der Waals surface area (Å²) in [6.07, 6.45) is 0.545.